The van der Waals surface area contributed by atoms with Crippen LogP contribution in [0.2, 0.25) is 0 Å². The summed E-state index contributed by atoms with van der Waals surface area (Å²) in [6.45, 7) is 8.28. The van der Waals surface area contributed by atoms with Crippen LogP contribution in [0.25, 0.3) is 0 Å². The lowest BCUT2D eigenvalue weighted by molar-refractivity contribution is 0.0907. The molecule has 1 aliphatic heterocycles. The van der Waals surface area contributed by atoms with E-state index in [1.54, 1.807) is 0 Å². The molecule has 162 valence electrons. The highest BCUT2D eigenvalue weighted by atomic mass is 16.1. The molecule has 5 heteroatoms. The number of rotatable bonds is 9. The first-order chi connectivity index (χ1) is 14.6. The highest BCUT2D eigenvalue weighted by molar-refractivity contribution is 5.94. The first kappa shape index (κ1) is 22.3. The van der Waals surface area contributed by atoms with Gasteiger partial charge in [-0.05, 0) is 43.3 Å². The van der Waals surface area contributed by atoms with Gasteiger partial charge in [0.2, 0.25) is 0 Å². The van der Waals surface area contributed by atoms with Gasteiger partial charge in [0.25, 0.3) is 5.91 Å². The van der Waals surface area contributed by atoms with Gasteiger partial charge in [0.15, 0.2) is 0 Å². The Labute approximate surface area is 181 Å². The van der Waals surface area contributed by atoms with Gasteiger partial charge in [-0.15, -0.1) is 0 Å². The minimum absolute atomic E-state index is 0.0132. The second kappa shape index (κ2) is 11.1. The number of hydrogen-bond donors (Lipinski definition) is 1. The van der Waals surface area contributed by atoms with Crippen molar-refractivity contribution < 1.29 is 4.79 Å². The molecule has 1 atom stereocenters. The van der Waals surface area contributed by atoms with Crippen LogP contribution in [-0.4, -0.2) is 69.1 Å². The maximum Gasteiger partial charge on any atom is 0.251 e. The van der Waals surface area contributed by atoms with Crippen molar-refractivity contribution in [3.05, 3.63) is 65.7 Å². The van der Waals surface area contributed by atoms with Gasteiger partial charge in [-0.1, -0.05) is 43.7 Å². The summed E-state index contributed by atoms with van der Waals surface area (Å²) in [6, 6.07) is 18.3. The van der Waals surface area contributed by atoms with Crippen molar-refractivity contribution in [1.29, 1.82) is 0 Å². The topological polar surface area (TPSA) is 38.8 Å². The Morgan fingerprint density at radius 3 is 2.33 bits per heavy atom. The van der Waals surface area contributed by atoms with E-state index in [0.717, 1.165) is 50.5 Å². The van der Waals surface area contributed by atoms with Crippen LogP contribution in [0, 0.1) is 0 Å². The van der Waals surface area contributed by atoms with E-state index >= 15 is 0 Å². The third-order valence-corrected chi connectivity index (χ3v) is 5.96. The van der Waals surface area contributed by atoms with Crippen LogP contribution in [0.3, 0.4) is 0 Å². The predicted octanol–water partition coefficient (Wildman–Crippen LogP) is 3.64. The number of carbonyl (C=O) groups excluding carboxylic acids is 1. The van der Waals surface area contributed by atoms with Crippen molar-refractivity contribution >= 4 is 11.6 Å². The monoisotopic (exact) mass is 408 g/mol. The molecule has 2 aromatic carbocycles. The van der Waals surface area contributed by atoms with E-state index in [2.05, 4.69) is 53.2 Å². The summed E-state index contributed by atoms with van der Waals surface area (Å²) < 4.78 is 0. The minimum atomic E-state index is -0.0194. The average molecular weight is 409 g/mol. The lowest BCUT2D eigenvalue weighted by Crippen LogP contribution is -2.47. The molecule has 1 saturated heterocycles. The maximum atomic E-state index is 13.0. The largest absolute Gasteiger partial charge is 0.375 e. The quantitative estimate of drug-likeness (QED) is 0.688. The molecule has 1 N–H and O–H groups in total. The minimum Gasteiger partial charge on any atom is -0.375 e. The zero-order valence-corrected chi connectivity index (χ0v) is 18.7. The molecule has 5 nitrogen and oxygen atoms in total. The molecule has 0 aromatic heterocycles. The number of unbranched alkanes of at least 4 members (excludes halogenated alkanes) is 1. The highest BCUT2D eigenvalue weighted by Crippen LogP contribution is 2.18. The highest BCUT2D eigenvalue weighted by Gasteiger charge is 2.21. The number of hydrogen-bond acceptors (Lipinski definition) is 4. The number of amides is 1. The van der Waals surface area contributed by atoms with Crippen molar-refractivity contribution in [1.82, 2.24) is 15.1 Å². The smallest absolute Gasteiger partial charge is 0.251 e. The number of benzene rings is 2. The summed E-state index contributed by atoms with van der Waals surface area (Å²) in [5.74, 6) is -0.0132. The first-order valence-corrected chi connectivity index (χ1v) is 11.1. The molecule has 2 aromatic rings. The Morgan fingerprint density at radius 2 is 1.70 bits per heavy atom. The lowest BCUT2D eigenvalue weighted by atomic mass is 10.0. The van der Waals surface area contributed by atoms with Crippen LogP contribution >= 0.6 is 0 Å². The average Bonchev–Trinajstić information content (AvgIpc) is 2.79. The summed E-state index contributed by atoms with van der Waals surface area (Å²) >= 11 is 0. The van der Waals surface area contributed by atoms with Crippen LogP contribution in [0.5, 0.6) is 0 Å². The summed E-state index contributed by atoms with van der Waals surface area (Å²) in [7, 11) is 4.27. The van der Waals surface area contributed by atoms with Crippen LogP contribution in [0.4, 0.5) is 5.69 Å². The normalized spacial score (nSPS) is 16.2. The van der Waals surface area contributed by atoms with Gasteiger partial charge < -0.3 is 15.1 Å². The van der Waals surface area contributed by atoms with Crippen molar-refractivity contribution in [2.75, 3.05) is 58.3 Å². The van der Waals surface area contributed by atoms with Crippen molar-refractivity contribution in [3.8, 4) is 0 Å². The van der Waals surface area contributed by atoms with Gasteiger partial charge in [0.1, 0.15) is 0 Å². The van der Waals surface area contributed by atoms with Crippen molar-refractivity contribution in [2.24, 2.45) is 0 Å². The van der Waals surface area contributed by atoms with Crippen LogP contribution < -0.4 is 10.2 Å². The van der Waals surface area contributed by atoms with Crippen LogP contribution in [-0.2, 0) is 0 Å². The summed E-state index contributed by atoms with van der Waals surface area (Å²) in [5.41, 5.74) is 3.01. The molecule has 0 saturated carbocycles. The van der Waals surface area contributed by atoms with Gasteiger partial charge in [0, 0.05) is 57.6 Å². The molecule has 1 amide bonds. The molecule has 0 bridgehead atoms. The van der Waals surface area contributed by atoms with Crippen LogP contribution in [0.1, 0.15) is 41.7 Å². The predicted molar refractivity (Wildman–Crippen MR) is 125 cm³/mol. The zero-order valence-electron chi connectivity index (χ0n) is 18.7. The Morgan fingerprint density at radius 1 is 1.03 bits per heavy atom. The summed E-state index contributed by atoms with van der Waals surface area (Å²) in [4.78, 5) is 20.1. The van der Waals surface area contributed by atoms with Gasteiger partial charge in [-0.25, -0.2) is 0 Å². The maximum absolute atomic E-state index is 13.0. The standard InChI is InChI=1S/C25H36N4O/c1-4-5-15-28(3)23-13-11-22(12-14-23)25(30)26-24(21-9-7-6-8-10-21)20-29-18-16-27(2)17-19-29/h6-14,24H,4-5,15-20H2,1-3H3,(H,26,30). The molecular weight excluding hydrogens is 372 g/mol. The SMILES string of the molecule is CCCCN(C)c1ccc(C(=O)NC(CN2CCN(C)CC2)c2ccccc2)cc1. The molecule has 1 heterocycles. The fraction of sp³-hybridized carbons (Fsp3) is 0.480. The first-order valence-electron chi connectivity index (χ1n) is 11.1. The molecule has 0 aliphatic carbocycles. The van der Waals surface area contributed by atoms with Crippen molar-refractivity contribution in [3.63, 3.8) is 0 Å². The fourth-order valence-electron chi connectivity index (χ4n) is 3.84. The van der Waals surface area contributed by atoms with E-state index < -0.39 is 0 Å². The Bertz CT molecular complexity index is 769. The Kier molecular flexibility index (Phi) is 8.29. The van der Waals surface area contributed by atoms with Crippen LogP contribution in [0.15, 0.2) is 54.6 Å². The van der Waals surface area contributed by atoms with E-state index in [4.69, 9.17) is 0 Å². The van der Waals surface area contributed by atoms with Crippen molar-refractivity contribution in [2.45, 2.75) is 25.8 Å². The van der Waals surface area contributed by atoms with E-state index in [-0.39, 0.29) is 11.9 Å². The fourth-order valence-corrected chi connectivity index (χ4v) is 3.84. The van der Waals surface area contributed by atoms with E-state index in [1.807, 2.05) is 42.5 Å². The molecule has 30 heavy (non-hydrogen) atoms. The van der Waals surface area contributed by atoms with Gasteiger partial charge in [0.05, 0.1) is 6.04 Å². The van der Waals surface area contributed by atoms with E-state index in [1.165, 1.54) is 12.8 Å². The lowest BCUT2D eigenvalue weighted by Gasteiger charge is -2.35. The second-order valence-electron chi connectivity index (χ2n) is 8.36. The second-order valence-corrected chi connectivity index (χ2v) is 8.36. The molecular formula is C25H36N4O. The molecule has 1 fully saturated rings. The summed E-state index contributed by atoms with van der Waals surface area (Å²) in [5, 5.41) is 3.28. The molecule has 0 spiro atoms. The van der Waals surface area contributed by atoms with Gasteiger partial charge in [-0.3, -0.25) is 9.69 Å². The molecule has 1 aliphatic rings. The third-order valence-electron chi connectivity index (χ3n) is 5.96. The number of nitrogens with zero attached hydrogens (tertiary/aromatic N) is 3. The summed E-state index contributed by atoms with van der Waals surface area (Å²) in [6.07, 6.45) is 2.35. The van der Waals surface area contributed by atoms with Gasteiger partial charge >= 0.3 is 0 Å². The van der Waals surface area contributed by atoms with E-state index in [0.29, 0.717) is 5.56 Å². The zero-order chi connectivity index (χ0) is 21.3. The number of anilines is 1. The number of nitrogens with one attached hydrogen (secondary N) is 1. The number of likely N-dealkylation sites (N-methyl/N-ethyl adjacent to an activating group) is 1. The molecule has 3 rings (SSSR count). The third kappa shape index (κ3) is 6.31. The number of carbonyl (C=O) groups is 1. The van der Waals surface area contributed by atoms with Gasteiger partial charge in [-0.2, -0.15) is 0 Å². The Balaban J connectivity index is 1.66. The van der Waals surface area contributed by atoms with E-state index in [9.17, 15) is 4.79 Å². The molecule has 0 radical (unpaired) electrons. The molecule has 1 unspecified atom stereocenters. The Hall–Kier alpha value is -2.37. The number of piperazine rings is 1.